The van der Waals surface area contributed by atoms with Gasteiger partial charge in [-0.3, -0.25) is 0 Å². The molecule has 1 aliphatic carbocycles. The van der Waals surface area contributed by atoms with Gasteiger partial charge in [0.15, 0.2) is 11.5 Å². The summed E-state index contributed by atoms with van der Waals surface area (Å²) in [6.07, 6.45) is 7.14. The van der Waals surface area contributed by atoms with Crippen LogP contribution in [0.15, 0.2) is 29.3 Å². The first-order valence-corrected chi connectivity index (χ1v) is 5.25. The maximum absolute atomic E-state index is 5.45. The van der Waals surface area contributed by atoms with Gasteiger partial charge in [-0.25, -0.2) is 9.97 Å². The highest BCUT2D eigenvalue weighted by Gasteiger charge is 2.27. The Labute approximate surface area is 92.5 Å². The van der Waals surface area contributed by atoms with Crippen LogP contribution in [-0.4, -0.2) is 15.1 Å². The number of nitrogens with zero attached hydrogens (tertiary/aromatic N) is 3. The summed E-state index contributed by atoms with van der Waals surface area (Å²) in [6, 6.07) is 1.96. The molecule has 2 aromatic rings. The molecule has 0 amide bonds. The minimum atomic E-state index is 0.368. The SMILES string of the molecule is c1ncc(OCc2cc(C3CC3)no2)cn1. The predicted octanol–water partition coefficient (Wildman–Crippen LogP) is 1.92. The van der Waals surface area contributed by atoms with Gasteiger partial charge < -0.3 is 9.26 Å². The van der Waals surface area contributed by atoms with Gasteiger partial charge in [0.2, 0.25) is 0 Å². The van der Waals surface area contributed by atoms with Gasteiger partial charge >= 0.3 is 0 Å². The third-order valence-electron chi connectivity index (χ3n) is 2.49. The second-order valence-electron chi connectivity index (χ2n) is 3.86. The Morgan fingerprint density at radius 3 is 2.88 bits per heavy atom. The van der Waals surface area contributed by atoms with Crippen LogP contribution in [0.5, 0.6) is 5.75 Å². The number of hydrogen-bond donors (Lipinski definition) is 0. The molecular formula is C11H11N3O2. The van der Waals surface area contributed by atoms with Crippen LogP contribution in [0.25, 0.3) is 0 Å². The minimum Gasteiger partial charge on any atom is -0.482 e. The highest BCUT2D eigenvalue weighted by molar-refractivity contribution is 5.16. The Bertz CT molecular complexity index is 465. The van der Waals surface area contributed by atoms with Gasteiger partial charge in [-0.2, -0.15) is 0 Å². The molecule has 2 aromatic heterocycles. The van der Waals surface area contributed by atoms with E-state index in [1.807, 2.05) is 6.07 Å². The minimum absolute atomic E-state index is 0.368. The largest absolute Gasteiger partial charge is 0.482 e. The molecule has 82 valence electrons. The monoisotopic (exact) mass is 217 g/mol. The van der Waals surface area contributed by atoms with Crippen molar-refractivity contribution in [3.63, 3.8) is 0 Å². The van der Waals surface area contributed by atoms with Crippen molar-refractivity contribution in [1.29, 1.82) is 0 Å². The van der Waals surface area contributed by atoms with E-state index in [9.17, 15) is 0 Å². The third kappa shape index (κ3) is 2.03. The zero-order chi connectivity index (χ0) is 10.8. The molecule has 0 atom stereocenters. The zero-order valence-corrected chi connectivity index (χ0v) is 8.67. The molecule has 0 aromatic carbocycles. The van der Waals surface area contributed by atoms with Gasteiger partial charge in [0.05, 0.1) is 18.1 Å². The summed E-state index contributed by atoms with van der Waals surface area (Å²) >= 11 is 0. The van der Waals surface area contributed by atoms with E-state index >= 15 is 0 Å². The van der Waals surface area contributed by atoms with Crippen molar-refractivity contribution in [3.8, 4) is 5.75 Å². The molecule has 1 aliphatic rings. The van der Waals surface area contributed by atoms with Gasteiger partial charge in [0, 0.05) is 12.0 Å². The molecule has 16 heavy (non-hydrogen) atoms. The molecule has 0 saturated heterocycles. The lowest BCUT2D eigenvalue weighted by molar-refractivity contribution is 0.247. The lowest BCUT2D eigenvalue weighted by atomic mass is 10.3. The first-order chi connectivity index (χ1) is 7.92. The maximum atomic E-state index is 5.45. The molecule has 1 saturated carbocycles. The lowest BCUT2D eigenvalue weighted by Crippen LogP contribution is -1.94. The van der Waals surface area contributed by atoms with E-state index in [-0.39, 0.29) is 0 Å². The van der Waals surface area contributed by atoms with Crippen LogP contribution in [0.3, 0.4) is 0 Å². The highest BCUT2D eigenvalue weighted by Crippen LogP contribution is 2.39. The van der Waals surface area contributed by atoms with E-state index in [1.54, 1.807) is 12.4 Å². The fourth-order valence-electron chi connectivity index (χ4n) is 1.48. The van der Waals surface area contributed by atoms with Crippen LogP contribution in [0, 0.1) is 0 Å². The summed E-state index contributed by atoms with van der Waals surface area (Å²) in [6.45, 7) is 0.368. The second-order valence-corrected chi connectivity index (χ2v) is 3.86. The van der Waals surface area contributed by atoms with Crippen LogP contribution >= 0.6 is 0 Å². The van der Waals surface area contributed by atoms with Crippen molar-refractivity contribution in [2.45, 2.75) is 25.4 Å². The van der Waals surface area contributed by atoms with Gasteiger partial charge in [-0.15, -0.1) is 0 Å². The van der Waals surface area contributed by atoms with Crippen LogP contribution < -0.4 is 4.74 Å². The molecule has 5 nitrogen and oxygen atoms in total. The molecule has 3 rings (SSSR count). The number of ether oxygens (including phenoxy) is 1. The maximum Gasteiger partial charge on any atom is 0.174 e. The van der Waals surface area contributed by atoms with Gasteiger partial charge in [-0.05, 0) is 12.8 Å². The third-order valence-corrected chi connectivity index (χ3v) is 2.49. The van der Waals surface area contributed by atoms with E-state index in [1.165, 1.54) is 19.2 Å². The van der Waals surface area contributed by atoms with Crippen LogP contribution in [-0.2, 0) is 6.61 Å². The normalized spacial score (nSPS) is 15.0. The number of hydrogen-bond acceptors (Lipinski definition) is 5. The average molecular weight is 217 g/mol. The average Bonchev–Trinajstić information content (AvgIpc) is 3.08. The second kappa shape index (κ2) is 3.92. The molecule has 1 fully saturated rings. The summed E-state index contributed by atoms with van der Waals surface area (Å²) in [7, 11) is 0. The number of aromatic nitrogens is 3. The topological polar surface area (TPSA) is 61.0 Å². The molecule has 5 heteroatoms. The van der Waals surface area contributed by atoms with Crippen LogP contribution in [0.1, 0.15) is 30.2 Å². The predicted molar refractivity (Wildman–Crippen MR) is 54.8 cm³/mol. The molecule has 2 heterocycles. The van der Waals surface area contributed by atoms with Crippen LogP contribution in [0.2, 0.25) is 0 Å². The molecular weight excluding hydrogens is 206 g/mol. The first kappa shape index (κ1) is 9.33. The molecule has 0 radical (unpaired) electrons. The Balaban J connectivity index is 1.61. The molecule has 0 aliphatic heterocycles. The van der Waals surface area contributed by atoms with E-state index in [0.717, 1.165) is 11.5 Å². The van der Waals surface area contributed by atoms with Crippen LogP contribution in [0.4, 0.5) is 0 Å². The van der Waals surface area contributed by atoms with Crippen molar-refractivity contribution in [2.75, 3.05) is 0 Å². The van der Waals surface area contributed by atoms with Crippen molar-refractivity contribution in [3.05, 3.63) is 36.2 Å². The lowest BCUT2D eigenvalue weighted by Gasteiger charge is -2.00. The molecule has 0 unspecified atom stereocenters. The van der Waals surface area contributed by atoms with E-state index in [2.05, 4.69) is 15.1 Å². The Hall–Kier alpha value is -1.91. The molecule has 0 spiro atoms. The molecule has 0 N–H and O–H groups in total. The fraction of sp³-hybridized carbons (Fsp3) is 0.364. The van der Waals surface area contributed by atoms with Crippen molar-refractivity contribution < 1.29 is 9.26 Å². The summed E-state index contributed by atoms with van der Waals surface area (Å²) in [5, 5.41) is 4.00. The molecule has 0 bridgehead atoms. The Morgan fingerprint density at radius 2 is 2.12 bits per heavy atom. The summed E-state index contributed by atoms with van der Waals surface area (Å²) in [5.74, 6) is 1.98. The van der Waals surface area contributed by atoms with E-state index in [4.69, 9.17) is 9.26 Å². The highest BCUT2D eigenvalue weighted by atomic mass is 16.5. The zero-order valence-electron chi connectivity index (χ0n) is 8.67. The standard InChI is InChI=1S/C11H11N3O2/c1-2-8(1)11-3-9(16-14-11)6-15-10-4-12-7-13-5-10/h3-5,7-8H,1-2,6H2. The smallest absolute Gasteiger partial charge is 0.174 e. The van der Waals surface area contributed by atoms with Crippen molar-refractivity contribution >= 4 is 0 Å². The summed E-state index contributed by atoms with van der Waals surface area (Å²) in [5.41, 5.74) is 1.04. The quantitative estimate of drug-likeness (QED) is 0.782. The van der Waals surface area contributed by atoms with Crippen molar-refractivity contribution in [1.82, 2.24) is 15.1 Å². The van der Waals surface area contributed by atoms with Gasteiger partial charge in [0.25, 0.3) is 0 Å². The Morgan fingerprint density at radius 1 is 1.31 bits per heavy atom. The van der Waals surface area contributed by atoms with Gasteiger partial charge in [-0.1, -0.05) is 5.16 Å². The summed E-state index contributed by atoms with van der Waals surface area (Å²) < 4.78 is 10.6. The Kier molecular flexibility index (Phi) is 2.29. The van der Waals surface area contributed by atoms with E-state index < -0.39 is 0 Å². The van der Waals surface area contributed by atoms with E-state index in [0.29, 0.717) is 18.3 Å². The van der Waals surface area contributed by atoms with Gasteiger partial charge in [0.1, 0.15) is 12.9 Å². The first-order valence-electron chi connectivity index (χ1n) is 5.25. The fourth-order valence-corrected chi connectivity index (χ4v) is 1.48. The summed E-state index contributed by atoms with van der Waals surface area (Å²) in [4.78, 5) is 7.72. The number of rotatable bonds is 4. The van der Waals surface area contributed by atoms with Crippen molar-refractivity contribution in [2.24, 2.45) is 0 Å².